The Morgan fingerprint density at radius 1 is 0.880 bits per heavy atom. The highest BCUT2D eigenvalue weighted by Gasteiger charge is 2.35. The molecule has 0 spiro atoms. The van der Waals surface area contributed by atoms with Crippen LogP contribution in [0.5, 0.6) is 0 Å². The van der Waals surface area contributed by atoms with E-state index in [1.807, 2.05) is 0 Å². The molecule has 1 heteroatoms. The molecule has 0 fully saturated rings. The second kappa shape index (κ2) is 7.15. The van der Waals surface area contributed by atoms with Crippen LogP contribution in [0.15, 0.2) is 53.1 Å². The van der Waals surface area contributed by atoms with Gasteiger partial charge in [0, 0.05) is 0 Å². The van der Waals surface area contributed by atoms with Gasteiger partial charge in [-0.3, -0.25) is 0 Å². The second-order valence-electron chi connectivity index (χ2n) is 9.05. The lowest BCUT2D eigenvalue weighted by atomic mass is 9.67. The Morgan fingerprint density at radius 2 is 1.36 bits per heavy atom. The maximum atomic E-state index is 11.9. The Labute approximate surface area is 153 Å². The van der Waals surface area contributed by atoms with Crippen LogP contribution in [0.25, 0.3) is 6.08 Å². The lowest BCUT2D eigenvalue weighted by Crippen LogP contribution is -2.28. The van der Waals surface area contributed by atoms with Crippen LogP contribution in [0.4, 0.5) is 0 Å². The first-order valence-electron chi connectivity index (χ1n) is 9.26. The highest BCUT2D eigenvalue weighted by Crippen LogP contribution is 2.44. The van der Waals surface area contributed by atoms with E-state index in [4.69, 9.17) is 0 Å². The van der Waals surface area contributed by atoms with Crippen LogP contribution >= 0.6 is 0 Å². The average molecular weight is 337 g/mol. The summed E-state index contributed by atoms with van der Waals surface area (Å²) in [5.41, 5.74) is 6.05. The number of aryl methyl sites for hydroxylation is 1. The van der Waals surface area contributed by atoms with E-state index in [1.165, 1.54) is 27.8 Å². The number of carbonyl (C=O) groups is 1. The summed E-state index contributed by atoms with van der Waals surface area (Å²) >= 11 is 0. The lowest BCUT2D eigenvalue weighted by Gasteiger charge is -2.37. The van der Waals surface area contributed by atoms with Crippen molar-refractivity contribution in [3.05, 3.63) is 64.3 Å². The molecule has 25 heavy (non-hydrogen) atoms. The maximum Gasteiger partial charge on any atom is 0.131 e. The number of allylic oxidation sites excluding steroid dienone is 5. The molecule has 2 rings (SSSR count). The van der Waals surface area contributed by atoms with Gasteiger partial charge >= 0.3 is 0 Å². The zero-order chi connectivity index (χ0) is 18.8. The van der Waals surface area contributed by atoms with E-state index in [9.17, 15) is 4.79 Å². The van der Waals surface area contributed by atoms with E-state index in [0.717, 1.165) is 12.7 Å². The number of benzene rings is 1. The number of hydrogen-bond acceptors (Lipinski definition) is 1. The summed E-state index contributed by atoms with van der Waals surface area (Å²) in [6.07, 6.45) is 8.81. The molecule has 1 aliphatic rings. The maximum absolute atomic E-state index is 11.9. The molecule has 134 valence electrons. The zero-order valence-corrected chi connectivity index (χ0v) is 16.8. The van der Waals surface area contributed by atoms with Gasteiger partial charge in [-0.05, 0) is 51.2 Å². The summed E-state index contributed by atoms with van der Waals surface area (Å²) in [6.45, 7) is 15.3. The molecular weight excluding hydrogens is 304 g/mol. The van der Waals surface area contributed by atoms with Crippen molar-refractivity contribution in [2.75, 3.05) is 0 Å². The SMILES string of the molecule is CCc1ccc(C=C2C=C(C(C)(C)C)C(C=O)C(C(C)(C)C)=C2)cc1. The molecule has 0 aromatic heterocycles. The molecule has 0 heterocycles. The third-order valence-corrected chi connectivity index (χ3v) is 4.90. The van der Waals surface area contributed by atoms with Gasteiger partial charge in [0.1, 0.15) is 6.29 Å². The third kappa shape index (κ3) is 4.60. The van der Waals surface area contributed by atoms with Crippen LogP contribution in [-0.2, 0) is 11.2 Å². The summed E-state index contributed by atoms with van der Waals surface area (Å²) < 4.78 is 0. The van der Waals surface area contributed by atoms with Gasteiger partial charge < -0.3 is 4.79 Å². The van der Waals surface area contributed by atoms with E-state index < -0.39 is 0 Å². The molecule has 0 atom stereocenters. The van der Waals surface area contributed by atoms with Crippen molar-refractivity contribution in [1.29, 1.82) is 0 Å². The van der Waals surface area contributed by atoms with E-state index in [2.05, 4.69) is 91.0 Å². The molecule has 1 aromatic rings. The van der Waals surface area contributed by atoms with Crippen molar-refractivity contribution in [2.24, 2.45) is 16.7 Å². The van der Waals surface area contributed by atoms with Crippen molar-refractivity contribution >= 4 is 12.4 Å². The van der Waals surface area contributed by atoms with Gasteiger partial charge in [-0.15, -0.1) is 0 Å². The standard InChI is InChI=1S/C24H32O/c1-8-17-9-11-18(12-10-17)13-19-14-21(23(2,3)4)20(16-25)22(15-19)24(5,6)7/h9-16,20H,8H2,1-7H3. The molecule has 0 N–H and O–H groups in total. The Balaban J connectivity index is 2.55. The summed E-state index contributed by atoms with van der Waals surface area (Å²) in [4.78, 5) is 11.9. The predicted molar refractivity (Wildman–Crippen MR) is 108 cm³/mol. The minimum absolute atomic E-state index is 0.0402. The molecule has 0 saturated carbocycles. The zero-order valence-electron chi connectivity index (χ0n) is 16.8. The summed E-state index contributed by atoms with van der Waals surface area (Å²) in [5, 5.41) is 0. The van der Waals surface area contributed by atoms with Gasteiger partial charge in [0.25, 0.3) is 0 Å². The number of rotatable bonds is 3. The van der Waals surface area contributed by atoms with E-state index >= 15 is 0 Å². The van der Waals surface area contributed by atoms with Crippen LogP contribution < -0.4 is 0 Å². The Kier molecular flexibility index (Phi) is 5.56. The van der Waals surface area contributed by atoms with Gasteiger partial charge in [-0.25, -0.2) is 0 Å². The van der Waals surface area contributed by atoms with E-state index in [1.54, 1.807) is 0 Å². The smallest absolute Gasteiger partial charge is 0.131 e. The highest BCUT2D eigenvalue weighted by atomic mass is 16.1. The Bertz CT molecular complexity index is 679. The minimum atomic E-state index is -0.125. The van der Waals surface area contributed by atoms with Gasteiger partial charge in [-0.1, -0.05) is 84.9 Å². The third-order valence-electron chi connectivity index (χ3n) is 4.90. The van der Waals surface area contributed by atoms with Gasteiger partial charge in [0.2, 0.25) is 0 Å². The summed E-state index contributed by atoms with van der Waals surface area (Å²) in [7, 11) is 0. The molecule has 0 radical (unpaired) electrons. The number of aldehydes is 1. The van der Waals surface area contributed by atoms with Crippen LogP contribution in [0.2, 0.25) is 0 Å². The number of hydrogen-bond donors (Lipinski definition) is 0. The van der Waals surface area contributed by atoms with E-state index in [-0.39, 0.29) is 16.7 Å². The van der Waals surface area contributed by atoms with Crippen molar-refractivity contribution in [3.8, 4) is 0 Å². The Hall–Kier alpha value is -1.89. The number of carbonyl (C=O) groups excluding carboxylic acids is 1. The van der Waals surface area contributed by atoms with Crippen LogP contribution in [0.3, 0.4) is 0 Å². The summed E-state index contributed by atoms with van der Waals surface area (Å²) in [5.74, 6) is -0.125. The molecular formula is C24H32O. The summed E-state index contributed by atoms with van der Waals surface area (Å²) in [6, 6.07) is 8.72. The lowest BCUT2D eigenvalue weighted by molar-refractivity contribution is -0.109. The first-order valence-corrected chi connectivity index (χ1v) is 9.26. The van der Waals surface area contributed by atoms with E-state index in [0.29, 0.717) is 0 Å². The van der Waals surface area contributed by atoms with Crippen molar-refractivity contribution in [1.82, 2.24) is 0 Å². The molecule has 1 aromatic carbocycles. The fraction of sp³-hybridized carbons (Fsp3) is 0.458. The molecule has 0 saturated heterocycles. The van der Waals surface area contributed by atoms with Gasteiger partial charge in [0.15, 0.2) is 0 Å². The predicted octanol–water partition coefficient (Wildman–Crippen LogP) is 6.41. The average Bonchev–Trinajstić information content (AvgIpc) is 2.53. The molecule has 0 bridgehead atoms. The second-order valence-corrected chi connectivity index (χ2v) is 9.05. The molecule has 0 unspecified atom stereocenters. The molecule has 1 aliphatic carbocycles. The first-order chi connectivity index (χ1) is 11.6. The van der Waals surface area contributed by atoms with Crippen LogP contribution in [0.1, 0.15) is 59.6 Å². The minimum Gasteiger partial charge on any atom is -0.302 e. The largest absolute Gasteiger partial charge is 0.302 e. The van der Waals surface area contributed by atoms with Crippen LogP contribution in [-0.4, -0.2) is 6.29 Å². The fourth-order valence-corrected chi connectivity index (χ4v) is 3.39. The highest BCUT2D eigenvalue weighted by molar-refractivity contribution is 5.72. The quantitative estimate of drug-likeness (QED) is 0.583. The normalized spacial score (nSPS) is 18.5. The molecule has 0 aliphatic heterocycles. The van der Waals surface area contributed by atoms with Gasteiger partial charge in [0.05, 0.1) is 5.92 Å². The first kappa shape index (κ1) is 19.4. The van der Waals surface area contributed by atoms with Gasteiger partial charge in [-0.2, -0.15) is 0 Å². The fourth-order valence-electron chi connectivity index (χ4n) is 3.39. The van der Waals surface area contributed by atoms with Crippen LogP contribution in [0, 0.1) is 16.7 Å². The van der Waals surface area contributed by atoms with Crippen molar-refractivity contribution in [3.63, 3.8) is 0 Å². The topological polar surface area (TPSA) is 17.1 Å². The Morgan fingerprint density at radius 3 is 1.72 bits per heavy atom. The van der Waals surface area contributed by atoms with Crippen molar-refractivity contribution in [2.45, 2.75) is 54.9 Å². The molecule has 0 amide bonds. The monoisotopic (exact) mass is 336 g/mol. The van der Waals surface area contributed by atoms with Crippen molar-refractivity contribution < 1.29 is 4.79 Å². The molecule has 1 nitrogen and oxygen atoms in total.